The summed E-state index contributed by atoms with van der Waals surface area (Å²) in [7, 11) is 0. The molecule has 72 heavy (non-hydrogen) atoms. The van der Waals surface area contributed by atoms with Gasteiger partial charge in [-0.3, -0.25) is 0 Å². The maximum absolute atomic E-state index is 2.46. The zero-order valence-electron chi connectivity index (χ0n) is 39.8. The van der Waals surface area contributed by atoms with Crippen molar-refractivity contribution in [1.29, 1.82) is 0 Å². The molecule has 0 amide bonds. The van der Waals surface area contributed by atoms with Gasteiger partial charge in [-0.05, 0) is 155 Å². The molecule has 0 N–H and O–H groups in total. The molecular weight excluding hydrogens is 869 g/mol. The summed E-state index contributed by atoms with van der Waals surface area (Å²) in [4.78, 5) is 4.84. The van der Waals surface area contributed by atoms with E-state index < -0.39 is 0 Å². The second-order valence-electron chi connectivity index (χ2n) is 18.8. The summed E-state index contributed by atoms with van der Waals surface area (Å²) in [6, 6.07) is 97.7. The minimum atomic E-state index is 0.327. The summed E-state index contributed by atoms with van der Waals surface area (Å²) in [5.41, 5.74) is 15.3. The number of benzene rings is 12. The van der Waals surface area contributed by atoms with Gasteiger partial charge < -0.3 is 9.80 Å². The van der Waals surface area contributed by atoms with Gasteiger partial charge in [-0.1, -0.05) is 218 Å². The van der Waals surface area contributed by atoms with E-state index in [4.69, 9.17) is 0 Å². The Morgan fingerprint density at radius 1 is 0.306 bits per heavy atom. The largest absolute Gasteiger partial charge is 0.311 e. The van der Waals surface area contributed by atoms with Gasteiger partial charge in [0.25, 0.3) is 0 Å². The number of rotatable bonds is 10. The highest BCUT2D eigenvalue weighted by molar-refractivity contribution is 6.26. The molecule has 0 saturated heterocycles. The van der Waals surface area contributed by atoms with E-state index in [0.717, 1.165) is 40.6 Å². The van der Waals surface area contributed by atoms with Gasteiger partial charge in [0.05, 0.1) is 0 Å². The molecule has 2 heteroatoms. The van der Waals surface area contributed by atoms with Gasteiger partial charge in [0, 0.05) is 40.1 Å². The Kier molecular flexibility index (Phi) is 11.1. The predicted molar refractivity (Wildman–Crippen MR) is 307 cm³/mol. The Hall–Kier alpha value is -9.24. The minimum Gasteiger partial charge on any atom is -0.311 e. The van der Waals surface area contributed by atoms with Crippen molar-refractivity contribution < 1.29 is 0 Å². The molecule has 0 spiro atoms. The number of nitrogens with zero attached hydrogens (tertiary/aromatic N) is 2. The van der Waals surface area contributed by atoms with Gasteiger partial charge in [0.2, 0.25) is 0 Å². The lowest BCUT2D eigenvalue weighted by atomic mass is 9.83. The maximum atomic E-state index is 2.46. The Labute approximate surface area is 421 Å². The van der Waals surface area contributed by atoms with Gasteiger partial charge >= 0.3 is 0 Å². The topological polar surface area (TPSA) is 6.48 Å². The van der Waals surface area contributed by atoms with Crippen LogP contribution in [-0.4, -0.2) is 0 Å². The van der Waals surface area contributed by atoms with Crippen molar-refractivity contribution in [3.8, 4) is 33.4 Å². The number of fused-ring (bicyclic) bond motifs is 4. The first-order chi connectivity index (χ1) is 35.7. The van der Waals surface area contributed by atoms with Crippen LogP contribution in [0.15, 0.2) is 291 Å². The Morgan fingerprint density at radius 2 is 0.736 bits per heavy atom. The number of hydrogen-bond acceptors (Lipinski definition) is 2. The van der Waals surface area contributed by atoms with E-state index in [1.54, 1.807) is 0 Å². The third-order valence-electron chi connectivity index (χ3n) is 14.5. The Morgan fingerprint density at radius 3 is 1.28 bits per heavy atom. The predicted octanol–water partition coefficient (Wildman–Crippen LogP) is 19.5. The highest BCUT2D eigenvalue weighted by Crippen LogP contribution is 2.50. The first-order valence-electron chi connectivity index (χ1n) is 25.0. The van der Waals surface area contributed by atoms with Crippen molar-refractivity contribution in [3.05, 3.63) is 296 Å². The van der Waals surface area contributed by atoms with Crippen LogP contribution in [-0.2, 0) is 0 Å². The van der Waals surface area contributed by atoms with Crippen LogP contribution in [0.4, 0.5) is 28.4 Å². The second-order valence-corrected chi connectivity index (χ2v) is 18.8. The molecule has 0 aliphatic heterocycles. The van der Waals surface area contributed by atoms with Crippen LogP contribution in [0.2, 0.25) is 0 Å². The van der Waals surface area contributed by atoms with Crippen LogP contribution in [0.1, 0.15) is 17.9 Å². The van der Waals surface area contributed by atoms with E-state index in [1.807, 2.05) is 0 Å². The summed E-state index contributed by atoms with van der Waals surface area (Å²) < 4.78 is 0. The van der Waals surface area contributed by atoms with Crippen molar-refractivity contribution in [2.75, 3.05) is 9.80 Å². The van der Waals surface area contributed by atoms with Gasteiger partial charge in [0.15, 0.2) is 0 Å². The van der Waals surface area contributed by atoms with Crippen molar-refractivity contribution in [3.63, 3.8) is 0 Å². The van der Waals surface area contributed by atoms with Crippen molar-refractivity contribution in [2.24, 2.45) is 0 Å². The molecule has 0 heterocycles. The van der Waals surface area contributed by atoms with E-state index in [9.17, 15) is 0 Å². The zero-order valence-corrected chi connectivity index (χ0v) is 39.8. The lowest BCUT2D eigenvalue weighted by molar-refractivity contribution is 0.840. The normalized spacial score (nSPS) is 13.4. The van der Waals surface area contributed by atoms with Gasteiger partial charge in [-0.15, -0.1) is 0 Å². The molecule has 1 atom stereocenters. The van der Waals surface area contributed by atoms with Crippen LogP contribution < -0.4 is 9.80 Å². The van der Waals surface area contributed by atoms with E-state index in [2.05, 4.69) is 295 Å². The van der Waals surface area contributed by atoms with E-state index in [-0.39, 0.29) is 0 Å². The molecule has 0 aromatic heterocycles. The first kappa shape index (κ1) is 42.8. The Balaban J connectivity index is 1.09. The summed E-state index contributed by atoms with van der Waals surface area (Å²) >= 11 is 0. The number of para-hydroxylation sites is 2. The molecule has 340 valence electrons. The summed E-state index contributed by atoms with van der Waals surface area (Å²) in [6.07, 6.45) is 8.03. The average molecular weight is 919 g/mol. The van der Waals surface area contributed by atoms with Gasteiger partial charge in [-0.2, -0.15) is 0 Å². The van der Waals surface area contributed by atoms with Crippen molar-refractivity contribution >= 4 is 71.5 Å². The van der Waals surface area contributed by atoms with Crippen LogP contribution in [0, 0.1) is 0 Å². The fourth-order valence-electron chi connectivity index (χ4n) is 11.2. The molecule has 0 saturated carbocycles. The lowest BCUT2D eigenvalue weighted by Crippen LogP contribution is -2.17. The second kappa shape index (κ2) is 18.6. The SMILES string of the molecule is C1=CC(c2ccccc2)CC=C1N(c1ccccc1)c1ccc2c(-c3cccc4ccccc34)c3cc(N(c4ccccc4)c4ccc(-c5ccccc5)cc4)ccc3c(-c3cccc4ccccc34)c2c1. The average Bonchev–Trinajstić information content (AvgIpc) is 3.46. The molecular formula is C70H50N2. The first-order valence-corrected chi connectivity index (χ1v) is 25.0. The quantitative estimate of drug-likeness (QED) is 0.126. The molecule has 0 bridgehead atoms. The fourth-order valence-corrected chi connectivity index (χ4v) is 11.2. The van der Waals surface area contributed by atoms with Crippen LogP contribution in [0.3, 0.4) is 0 Å². The van der Waals surface area contributed by atoms with Crippen molar-refractivity contribution in [2.45, 2.75) is 12.3 Å². The van der Waals surface area contributed by atoms with E-state index >= 15 is 0 Å². The highest BCUT2D eigenvalue weighted by atomic mass is 15.1. The number of hydrogen-bond donors (Lipinski definition) is 0. The molecule has 13 rings (SSSR count). The molecule has 0 radical (unpaired) electrons. The monoisotopic (exact) mass is 918 g/mol. The Bertz CT molecular complexity index is 3980. The molecule has 0 fully saturated rings. The van der Waals surface area contributed by atoms with Crippen molar-refractivity contribution in [1.82, 2.24) is 0 Å². The third-order valence-corrected chi connectivity index (χ3v) is 14.5. The third kappa shape index (κ3) is 7.80. The molecule has 12 aromatic rings. The standard InChI is InChI=1S/C70H50N2/c1-5-19-49(20-6-1)51-35-39-57(40-36-51)71(55-27-9-3-10-28-55)59-43-45-65-67(47-59)69(63-33-17-25-53-23-13-15-31-61(53)63)66-46-44-60(48-68(66)70(65)64-34-18-26-54-24-14-16-32-62(54)64)72(56-29-11-4-12-30-56)58-41-37-52(38-42-58)50-21-7-2-8-22-50/h1-37,39-48,52H,38H2. The van der Waals surface area contributed by atoms with Crippen LogP contribution in [0.5, 0.6) is 0 Å². The summed E-state index contributed by atoms with van der Waals surface area (Å²) in [5, 5.41) is 9.67. The maximum Gasteiger partial charge on any atom is 0.0468 e. The fraction of sp³-hybridized carbons (Fsp3) is 0.0286. The minimum absolute atomic E-state index is 0.327. The summed E-state index contributed by atoms with van der Waals surface area (Å²) in [6.45, 7) is 0. The molecule has 1 unspecified atom stereocenters. The molecule has 1 aliphatic rings. The number of anilines is 5. The summed E-state index contributed by atoms with van der Waals surface area (Å²) in [5.74, 6) is 0.327. The number of allylic oxidation sites excluding steroid dienone is 3. The molecule has 2 nitrogen and oxygen atoms in total. The zero-order chi connectivity index (χ0) is 47.8. The van der Waals surface area contributed by atoms with Crippen LogP contribution in [0.25, 0.3) is 76.5 Å². The highest BCUT2D eigenvalue weighted by Gasteiger charge is 2.25. The molecule has 12 aromatic carbocycles. The molecule has 1 aliphatic carbocycles. The lowest BCUT2D eigenvalue weighted by Gasteiger charge is -2.30. The van der Waals surface area contributed by atoms with Gasteiger partial charge in [-0.25, -0.2) is 0 Å². The van der Waals surface area contributed by atoms with Gasteiger partial charge in [0.1, 0.15) is 0 Å². The van der Waals surface area contributed by atoms with E-state index in [1.165, 1.54) is 82.0 Å². The van der Waals surface area contributed by atoms with Crippen LogP contribution >= 0.6 is 0 Å². The van der Waals surface area contributed by atoms with E-state index in [0.29, 0.717) is 5.92 Å². The smallest absolute Gasteiger partial charge is 0.0468 e.